The summed E-state index contributed by atoms with van der Waals surface area (Å²) in [7, 11) is 0. The Kier molecular flexibility index (Phi) is 1.96. The van der Waals surface area contributed by atoms with E-state index in [1.54, 1.807) is 0 Å². The SMILES string of the molecule is N#CCc1cc2ccc(Cl)cc2[nH]1. The van der Waals surface area contributed by atoms with Crippen LogP contribution >= 0.6 is 11.6 Å². The predicted octanol–water partition coefficient (Wildman–Crippen LogP) is 2.89. The van der Waals surface area contributed by atoms with E-state index in [4.69, 9.17) is 16.9 Å². The maximum Gasteiger partial charge on any atom is 0.0752 e. The lowest BCUT2D eigenvalue weighted by atomic mass is 10.2. The number of halogens is 1. The smallest absolute Gasteiger partial charge is 0.0752 e. The van der Waals surface area contributed by atoms with E-state index >= 15 is 0 Å². The minimum atomic E-state index is 0.409. The molecule has 0 spiro atoms. The zero-order valence-corrected chi connectivity index (χ0v) is 7.60. The average Bonchev–Trinajstić information content (AvgIpc) is 2.46. The molecule has 1 heterocycles. The van der Waals surface area contributed by atoms with Crippen molar-refractivity contribution in [3.05, 3.63) is 35.0 Å². The highest BCUT2D eigenvalue weighted by atomic mass is 35.5. The standard InChI is InChI=1S/C10H7ClN2/c11-8-2-1-7-5-9(3-4-12)13-10(7)6-8/h1-2,5-6,13H,3H2. The summed E-state index contributed by atoms with van der Waals surface area (Å²) in [6.07, 6.45) is 0.409. The van der Waals surface area contributed by atoms with Crippen molar-refractivity contribution in [1.82, 2.24) is 4.98 Å². The molecule has 0 bridgehead atoms. The maximum atomic E-state index is 8.50. The van der Waals surface area contributed by atoms with Crippen LogP contribution in [0.4, 0.5) is 0 Å². The van der Waals surface area contributed by atoms with Crippen molar-refractivity contribution in [3.8, 4) is 6.07 Å². The Balaban J connectivity index is 2.57. The van der Waals surface area contributed by atoms with Crippen LogP contribution in [0, 0.1) is 11.3 Å². The van der Waals surface area contributed by atoms with E-state index in [1.807, 2.05) is 24.3 Å². The van der Waals surface area contributed by atoms with Gasteiger partial charge in [0.25, 0.3) is 0 Å². The number of aromatic nitrogens is 1. The average molecular weight is 191 g/mol. The van der Waals surface area contributed by atoms with E-state index in [0.29, 0.717) is 11.4 Å². The van der Waals surface area contributed by atoms with E-state index in [-0.39, 0.29) is 0 Å². The van der Waals surface area contributed by atoms with Crippen molar-refractivity contribution in [3.63, 3.8) is 0 Å². The molecule has 0 saturated carbocycles. The van der Waals surface area contributed by atoms with Crippen LogP contribution in [0.25, 0.3) is 10.9 Å². The zero-order valence-electron chi connectivity index (χ0n) is 6.84. The Labute approximate surface area is 80.7 Å². The van der Waals surface area contributed by atoms with Gasteiger partial charge in [-0.3, -0.25) is 0 Å². The molecule has 3 heteroatoms. The lowest BCUT2D eigenvalue weighted by Crippen LogP contribution is -1.77. The Hall–Kier alpha value is -1.46. The number of hydrogen-bond acceptors (Lipinski definition) is 1. The Morgan fingerprint density at radius 2 is 2.23 bits per heavy atom. The largest absolute Gasteiger partial charge is 0.357 e. The summed E-state index contributed by atoms with van der Waals surface area (Å²) in [5.74, 6) is 0. The van der Waals surface area contributed by atoms with Crippen LogP contribution in [0.1, 0.15) is 5.69 Å². The van der Waals surface area contributed by atoms with Gasteiger partial charge in [0.1, 0.15) is 0 Å². The highest BCUT2D eigenvalue weighted by Crippen LogP contribution is 2.19. The fraction of sp³-hybridized carbons (Fsp3) is 0.100. The number of aromatic amines is 1. The Morgan fingerprint density at radius 3 is 3.00 bits per heavy atom. The fourth-order valence-electron chi connectivity index (χ4n) is 1.34. The molecule has 64 valence electrons. The Morgan fingerprint density at radius 1 is 1.38 bits per heavy atom. The van der Waals surface area contributed by atoms with Gasteiger partial charge in [-0.15, -0.1) is 0 Å². The van der Waals surface area contributed by atoms with Crippen LogP contribution in [0.15, 0.2) is 24.3 Å². The van der Waals surface area contributed by atoms with Crippen LogP contribution in [0.5, 0.6) is 0 Å². The number of rotatable bonds is 1. The summed E-state index contributed by atoms with van der Waals surface area (Å²) in [4.78, 5) is 3.13. The highest BCUT2D eigenvalue weighted by molar-refractivity contribution is 6.31. The first-order chi connectivity index (χ1) is 6.29. The minimum absolute atomic E-state index is 0.409. The van der Waals surface area contributed by atoms with Crippen LogP contribution in [0.2, 0.25) is 5.02 Å². The summed E-state index contributed by atoms with van der Waals surface area (Å²) >= 11 is 5.82. The molecule has 0 unspecified atom stereocenters. The zero-order chi connectivity index (χ0) is 9.26. The lowest BCUT2D eigenvalue weighted by molar-refractivity contribution is 1.17. The number of fused-ring (bicyclic) bond motifs is 1. The van der Waals surface area contributed by atoms with Gasteiger partial charge in [0, 0.05) is 16.2 Å². The third-order valence-corrected chi connectivity index (χ3v) is 2.14. The van der Waals surface area contributed by atoms with Gasteiger partial charge < -0.3 is 4.98 Å². The first kappa shape index (κ1) is 8.15. The summed E-state index contributed by atoms with van der Waals surface area (Å²) in [6.45, 7) is 0. The molecular formula is C10H7ClN2. The first-order valence-corrected chi connectivity index (χ1v) is 4.31. The Bertz CT molecular complexity index is 479. The third-order valence-electron chi connectivity index (χ3n) is 1.91. The van der Waals surface area contributed by atoms with Gasteiger partial charge in [0.05, 0.1) is 12.5 Å². The minimum Gasteiger partial charge on any atom is -0.357 e. The second kappa shape index (κ2) is 3.12. The van der Waals surface area contributed by atoms with Crippen LogP contribution in [0.3, 0.4) is 0 Å². The molecule has 2 aromatic rings. The van der Waals surface area contributed by atoms with Gasteiger partial charge in [0.15, 0.2) is 0 Å². The molecule has 0 atom stereocenters. The lowest BCUT2D eigenvalue weighted by Gasteiger charge is -1.89. The molecule has 0 aliphatic carbocycles. The van der Waals surface area contributed by atoms with E-state index in [1.165, 1.54) is 0 Å². The summed E-state index contributed by atoms with van der Waals surface area (Å²) in [5.41, 5.74) is 1.91. The van der Waals surface area contributed by atoms with Gasteiger partial charge in [-0.2, -0.15) is 5.26 Å². The second-order valence-corrected chi connectivity index (χ2v) is 3.30. The highest BCUT2D eigenvalue weighted by Gasteiger charge is 1.99. The van der Waals surface area contributed by atoms with Crippen molar-refractivity contribution in [2.75, 3.05) is 0 Å². The van der Waals surface area contributed by atoms with Gasteiger partial charge in [-0.25, -0.2) is 0 Å². The number of nitrogens with one attached hydrogen (secondary N) is 1. The quantitative estimate of drug-likeness (QED) is 0.738. The van der Waals surface area contributed by atoms with Crippen molar-refractivity contribution >= 4 is 22.5 Å². The number of hydrogen-bond donors (Lipinski definition) is 1. The normalized spacial score (nSPS) is 10.2. The molecule has 1 aromatic carbocycles. The maximum absolute atomic E-state index is 8.50. The van der Waals surface area contributed by atoms with Crippen molar-refractivity contribution in [1.29, 1.82) is 5.26 Å². The molecule has 0 fully saturated rings. The van der Waals surface area contributed by atoms with E-state index in [2.05, 4.69) is 11.1 Å². The van der Waals surface area contributed by atoms with Gasteiger partial charge >= 0.3 is 0 Å². The number of benzene rings is 1. The second-order valence-electron chi connectivity index (χ2n) is 2.86. The molecule has 13 heavy (non-hydrogen) atoms. The number of nitriles is 1. The monoisotopic (exact) mass is 190 g/mol. The van der Waals surface area contributed by atoms with E-state index in [0.717, 1.165) is 16.6 Å². The molecule has 0 radical (unpaired) electrons. The number of H-pyrrole nitrogens is 1. The summed E-state index contributed by atoms with van der Waals surface area (Å²) < 4.78 is 0. The van der Waals surface area contributed by atoms with Gasteiger partial charge in [-0.1, -0.05) is 17.7 Å². The van der Waals surface area contributed by atoms with Crippen molar-refractivity contribution < 1.29 is 0 Å². The molecule has 0 amide bonds. The van der Waals surface area contributed by atoms with Crippen LogP contribution in [-0.4, -0.2) is 4.98 Å². The van der Waals surface area contributed by atoms with Crippen molar-refractivity contribution in [2.24, 2.45) is 0 Å². The molecule has 2 rings (SSSR count). The fourth-order valence-corrected chi connectivity index (χ4v) is 1.51. The molecule has 1 N–H and O–H groups in total. The summed E-state index contributed by atoms with van der Waals surface area (Å²) in [5, 5.41) is 10.3. The molecule has 0 aliphatic rings. The van der Waals surface area contributed by atoms with Gasteiger partial charge in [0.2, 0.25) is 0 Å². The third kappa shape index (κ3) is 1.51. The van der Waals surface area contributed by atoms with E-state index < -0.39 is 0 Å². The topological polar surface area (TPSA) is 39.6 Å². The molecular weight excluding hydrogens is 184 g/mol. The van der Waals surface area contributed by atoms with Crippen molar-refractivity contribution in [2.45, 2.75) is 6.42 Å². The first-order valence-electron chi connectivity index (χ1n) is 3.94. The van der Waals surface area contributed by atoms with Crippen LogP contribution in [-0.2, 0) is 6.42 Å². The molecule has 1 aromatic heterocycles. The molecule has 2 nitrogen and oxygen atoms in total. The summed E-state index contributed by atoms with van der Waals surface area (Å²) in [6, 6.07) is 9.70. The molecule has 0 saturated heterocycles. The van der Waals surface area contributed by atoms with Crippen LogP contribution < -0.4 is 0 Å². The van der Waals surface area contributed by atoms with Gasteiger partial charge in [-0.05, 0) is 23.6 Å². The molecule has 0 aliphatic heterocycles. The van der Waals surface area contributed by atoms with E-state index in [9.17, 15) is 0 Å². The number of nitrogens with zero attached hydrogens (tertiary/aromatic N) is 1. The predicted molar refractivity (Wildman–Crippen MR) is 52.6 cm³/mol.